The normalized spacial score (nSPS) is 14.9. The molecule has 0 radical (unpaired) electrons. The lowest BCUT2D eigenvalue weighted by atomic mass is 10.1. The number of fused-ring (bicyclic) bond motifs is 1. The maximum absolute atomic E-state index is 11.3. The van der Waals surface area contributed by atoms with Gasteiger partial charge in [-0.05, 0) is 19.1 Å². The summed E-state index contributed by atoms with van der Waals surface area (Å²) in [5.74, 6) is 0.209. The maximum atomic E-state index is 11.3. The number of nitrogens with two attached hydrogens (primary N) is 2. The smallest absolute Gasteiger partial charge is 0.407 e. The molecule has 4 rings (SSSR count). The monoisotopic (exact) mass is 436 g/mol. The van der Waals surface area contributed by atoms with Crippen LogP contribution in [0.1, 0.15) is 24.2 Å². The first-order valence-electron chi connectivity index (χ1n) is 10.1. The molecule has 0 saturated carbocycles. The standard InChI is InChI=1S/C20H24N10O2/c1-11(24-18-12(10-21)17(22)26-19(23)27-18)16-15(9-14-13(25-16)3-4-28(14)2)29-5-7-30(8-6-29)20(31)32/h3-4,9,11H,5-8H2,1-2H3,(H,31,32)(H5,22,23,24,26,27)/t11-/m0/s1. The molecule has 1 saturated heterocycles. The second-order valence-corrected chi connectivity index (χ2v) is 7.65. The molecule has 0 unspecified atom stereocenters. The van der Waals surface area contributed by atoms with E-state index in [0.29, 0.717) is 26.2 Å². The summed E-state index contributed by atoms with van der Waals surface area (Å²) in [6.07, 6.45) is 1.02. The third kappa shape index (κ3) is 3.76. The molecule has 0 spiro atoms. The minimum Gasteiger partial charge on any atom is -0.465 e. The highest BCUT2D eigenvalue weighted by molar-refractivity contribution is 5.81. The first-order valence-corrected chi connectivity index (χ1v) is 10.1. The third-order valence-corrected chi connectivity index (χ3v) is 5.60. The number of carboxylic acid groups (broad SMARTS) is 1. The zero-order valence-electron chi connectivity index (χ0n) is 17.8. The Kier molecular flexibility index (Phi) is 5.31. The lowest BCUT2D eigenvalue weighted by molar-refractivity contribution is 0.142. The molecular weight excluding hydrogens is 412 g/mol. The molecule has 1 atom stereocenters. The van der Waals surface area contributed by atoms with Crippen molar-refractivity contribution in [1.82, 2.24) is 24.4 Å². The number of aryl methyl sites for hydroxylation is 1. The van der Waals surface area contributed by atoms with E-state index in [4.69, 9.17) is 16.5 Å². The highest BCUT2D eigenvalue weighted by Crippen LogP contribution is 2.32. The van der Waals surface area contributed by atoms with Crippen LogP contribution in [-0.2, 0) is 7.05 Å². The number of nitriles is 1. The quantitative estimate of drug-likeness (QED) is 0.467. The molecule has 0 bridgehead atoms. The van der Waals surface area contributed by atoms with E-state index in [2.05, 4.69) is 26.3 Å². The van der Waals surface area contributed by atoms with Crippen molar-refractivity contribution < 1.29 is 9.90 Å². The van der Waals surface area contributed by atoms with Gasteiger partial charge in [-0.3, -0.25) is 0 Å². The Morgan fingerprint density at radius 1 is 1.25 bits per heavy atom. The van der Waals surface area contributed by atoms with Gasteiger partial charge in [-0.2, -0.15) is 15.2 Å². The molecule has 1 amide bonds. The Morgan fingerprint density at radius 2 is 1.97 bits per heavy atom. The number of hydrogen-bond donors (Lipinski definition) is 4. The van der Waals surface area contributed by atoms with Gasteiger partial charge in [-0.15, -0.1) is 0 Å². The van der Waals surface area contributed by atoms with Crippen molar-refractivity contribution in [3.8, 4) is 6.07 Å². The van der Waals surface area contributed by atoms with Crippen molar-refractivity contribution in [2.75, 3.05) is 47.9 Å². The van der Waals surface area contributed by atoms with Gasteiger partial charge in [0.1, 0.15) is 17.5 Å². The average molecular weight is 436 g/mol. The summed E-state index contributed by atoms with van der Waals surface area (Å²) in [6, 6.07) is 5.64. The van der Waals surface area contributed by atoms with Crippen LogP contribution in [0.5, 0.6) is 0 Å². The molecular formula is C20H24N10O2. The van der Waals surface area contributed by atoms with E-state index in [0.717, 1.165) is 22.4 Å². The van der Waals surface area contributed by atoms with Crippen molar-refractivity contribution in [3.05, 3.63) is 29.6 Å². The van der Waals surface area contributed by atoms with E-state index in [1.807, 2.05) is 36.9 Å². The van der Waals surface area contributed by atoms with Gasteiger partial charge in [0.2, 0.25) is 5.95 Å². The zero-order valence-corrected chi connectivity index (χ0v) is 17.8. The van der Waals surface area contributed by atoms with Gasteiger partial charge in [0.05, 0.1) is 28.5 Å². The summed E-state index contributed by atoms with van der Waals surface area (Å²) < 4.78 is 1.99. The number of nitrogens with zero attached hydrogens (tertiary/aromatic N) is 7. The molecule has 6 N–H and O–H groups in total. The van der Waals surface area contributed by atoms with Gasteiger partial charge in [0, 0.05) is 39.4 Å². The zero-order chi connectivity index (χ0) is 23.0. The predicted molar refractivity (Wildman–Crippen MR) is 120 cm³/mol. The van der Waals surface area contributed by atoms with Crippen molar-refractivity contribution in [1.29, 1.82) is 5.26 Å². The predicted octanol–water partition coefficient (Wildman–Crippen LogP) is 1.37. The summed E-state index contributed by atoms with van der Waals surface area (Å²) in [4.78, 5) is 27.7. The van der Waals surface area contributed by atoms with Crippen LogP contribution in [0.4, 0.5) is 28.1 Å². The van der Waals surface area contributed by atoms with Crippen molar-refractivity contribution in [2.45, 2.75) is 13.0 Å². The number of rotatable bonds is 4. The van der Waals surface area contributed by atoms with Crippen LogP contribution in [0.15, 0.2) is 18.3 Å². The fraction of sp³-hybridized carbons (Fsp3) is 0.350. The Bertz CT molecular complexity index is 1220. The fourth-order valence-corrected chi connectivity index (χ4v) is 3.88. The van der Waals surface area contributed by atoms with Crippen LogP contribution in [0.3, 0.4) is 0 Å². The molecule has 166 valence electrons. The van der Waals surface area contributed by atoms with Gasteiger partial charge >= 0.3 is 6.09 Å². The van der Waals surface area contributed by atoms with Gasteiger partial charge in [-0.25, -0.2) is 9.78 Å². The number of amides is 1. The topological polar surface area (TPSA) is 175 Å². The van der Waals surface area contributed by atoms with Crippen LogP contribution in [0.25, 0.3) is 11.0 Å². The number of aromatic nitrogens is 4. The first-order chi connectivity index (χ1) is 15.3. The lowest BCUT2D eigenvalue weighted by Crippen LogP contribution is -2.48. The van der Waals surface area contributed by atoms with Gasteiger partial charge in [0.15, 0.2) is 5.82 Å². The average Bonchev–Trinajstić information content (AvgIpc) is 3.12. The Morgan fingerprint density at radius 3 is 2.62 bits per heavy atom. The third-order valence-electron chi connectivity index (χ3n) is 5.60. The number of hydrogen-bond acceptors (Lipinski definition) is 9. The number of piperazine rings is 1. The molecule has 3 aromatic rings. The minimum atomic E-state index is -0.918. The summed E-state index contributed by atoms with van der Waals surface area (Å²) in [5.41, 5.74) is 15.1. The Hall–Kier alpha value is -4.27. The molecule has 12 heteroatoms. The van der Waals surface area contributed by atoms with E-state index in [9.17, 15) is 15.2 Å². The number of carbonyl (C=O) groups is 1. The highest BCUT2D eigenvalue weighted by Gasteiger charge is 2.26. The van der Waals surface area contributed by atoms with Crippen LogP contribution in [0, 0.1) is 11.3 Å². The van der Waals surface area contributed by atoms with E-state index in [-0.39, 0.29) is 29.2 Å². The molecule has 1 aliphatic heterocycles. The Balaban J connectivity index is 1.73. The number of nitrogens with one attached hydrogen (secondary N) is 1. The summed E-state index contributed by atoms with van der Waals surface area (Å²) in [7, 11) is 1.95. The maximum Gasteiger partial charge on any atom is 0.407 e. The van der Waals surface area contributed by atoms with Crippen molar-refractivity contribution in [2.24, 2.45) is 7.05 Å². The number of nitrogen functional groups attached to an aromatic ring is 2. The summed E-state index contributed by atoms with van der Waals surface area (Å²) >= 11 is 0. The number of anilines is 4. The summed E-state index contributed by atoms with van der Waals surface area (Å²) in [5, 5.41) is 21.9. The van der Waals surface area contributed by atoms with E-state index >= 15 is 0 Å². The van der Waals surface area contributed by atoms with Crippen LogP contribution >= 0.6 is 0 Å². The van der Waals surface area contributed by atoms with E-state index in [1.165, 1.54) is 4.90 Å². The molecule has 4 heterocycles. The number of pyridine rings is 1. The highest BCUT2D eigenvalue weighted by atomic mass is 16.4. The van der Waals surface area contributed by atoms with Gasteiger partial charge < -0.3 is 36.3 Å². The summed E-state index contributed by atoms with van der Waals surface area (Å²) in [6.45, 7) is 3.79. The molecule has 1 fully saturated rings. The molecule has 0 aliphatic carbocycles. The van der Waals surface area contributed by atoms with Gasteiger partial charge in [-0.1, -0.05) is 0 Å². The molecule has 1 aliphatic rings. The molecule has 0 aromatic carbocycles. The minimum absolute atomic E-state index is 0.00573. The van der Waals surface area contributed by atoms with E-state index in [1.54, 1.807) is 0 Å². The van der Waals surface area contributed by atoms with Crippen molar-refractivity contribution in [3.63, 3.8) is 0 Å². The molecule has 12 nitrogen and oxygen atoms in total. The van der Waals surface area contributed by atoms with E-state index < -0.39 is 6.09 Å². The van der Waals surface area contributed by atoms with Crippen LogP contribution in [0.2, 0.25) is 0 Å². The largest absolute Gasteiger partial charge is 0.465 e. The first kappa shape index (κ1) is 21.0. The second kappa shape index (κ2) is 8.10. The second-order valence-electron chi connectivity index (χ2n) is 7.65. The van der Waals surface area contributed by atoms with Crippen molar-refractivity contribution >= 4 is 40.4 Å². The van der Waals surface area contributed by atoms with Gasteiger partial charge in [0.25, 0.3) is 0 Å². The van der Waals surface area contributed by atoms with Crippen LogP contribution < -0.4 is 21.7 Å². The lowest BCUT2D eigenvalue weighted by Gasteiger charge is -2.36. The Labute approximate surface area is 184 Å². The molecule has 32 heavy (non-hydrogen) atoms. The fourth-order valence-electron chi connectivity index (χ4n) is 3.88. The SMILES string of the molecule is C[C@H](Nc1nc(N)nc(N)c1C#N)c1nc2ccn(C)c2cc1N1CCN(C(=O)O)CC1. The van der Waals surface area contributed by atoms with Crippen LogP contribution in [-0.4, -0.2) is 61.8 Å². The molecule has 3 aromatic heterocycles.